The average molecular weight is 605 g/mol. The molecule has 0 fully saturated rings. The van der Waals surface area contributed by atoms with Gasteiger partial charge in [0.05, 0.1) is 0 Å². The van der Waals surface area contributed by atoms with Gasteiger partial charge < -0.3 is 36.2 Å². The van der Waals surface area contributed by atoms with Gasteiger partial charge in [0.25, 0.3) is 0 Å². The van der Waals surface area contributed by atoms with Gasteiger partial charge in [0.1, 0.15) is 30.5 Å². The Bertz CT molecular complexity index is 1420. The molecule has 0 heterocycles. The number of aliphatic carboxylic acids is 1. The molecule has 0 saturated carbocycles. The van der Waals surface area contributed by atoms with E-state index in [0.717, 1.165) is 16.0 Å². The second kappa shape index (κ2) is 16.3. The average Bonchev–Trinajstić information content (AvgIpc) is 3.01. The molecule has 0 unspecified atom stereocenters. The molecule has 3 atom stereocenters. The lowest BCUT2D eigenvalue weighted by Crippen LogP contribution is -2.57. The maximum atomic E-state index is 13.6. The highest BCUT2D eigenvalue weighted by Gasteiger charge is 2.33. The van der Waals surface area contributed by atoms with Crippen LogP contribution in [0.5, 0.6) is 5.75 Å². The third kappa shape index (κ3) is 10.5. The number of amides is 4. The summed E-state index contributed by atoms with van der Waals surface area (Å²) in [6.45, 7) is -0.0549. The van der Waals surface area contributed by atoms with E-state index in [1.807, 2.05) is 6.07 Å². The van der Waals surface area contributed by atoms with Crippen LogP contribution in [0.2, 0.25) is 0 Å². The van der Waals surface area contributed by atoms with E-state index in [1.165, 1.54) is 19.2 Å². The second-order valence-corrected chi connectivity index (χ2v) is 10.2. The van der Waals surface area contributed by atoms with Crippen LogP contribution in [-0.4, -0.2) is 70.1 Å². The maximum absolute atomic E-state index is 13.6. The van der Waals surface area contributed by atoms with Crippen LogP contribution < -0.4 is 16.4 Å². The van der Waals surface area contributed by atoms with Crippen LogP contribution in [0.15, 0.2) is 84.9 Å². The standard InChI is InChI=1S/C32H36N4O8/c1-36(27(29(33)40)19-21-8-4-2-5-9-21)31(42)25(16-17-28(38)39)34-30(41)26(18-22-12-14-24(37)15-13-22)35-32(43)44-20-23-10-6-3-7-11-23/h2-15,25-27,37H,16-20H2,1H3,(H2,33,40)(H,34,41)(H,35,43)(H,38,39)/t25-,26-,27-/m0/s1. The first-order chi connectivity index (χ1) is 21.0. The minimum atomic E-state index is -1.36. The van der Waals surface area contributed by atoms with E-state index in [4.69, 9.17) is 10.5 Å². The molecule has 0 aromatic heterocycles. The number of rotatable bonds is 15. The molecular formula is C32H36N4O8. The van der Waals surface area contributed by atoms with Crippen molar-refractivity contribution in [1.82, 2.24) is 15.5 Å². The zero-order valence-electron chi connectivity index (χ0n) is 24.2. The molecule has 0 spiro atoms. The number of phenols is 1. The van der Waals surface area contributed by atoms with E-state index in [0.29, 0.717) is 5.56 Å². The van der Waals surface area contributed by atoms with E-state index in [2.05, 4.69) is 10.6 Å². The fraction of sp³-hybridized carbons (Fsp3) is 0.281. The predicted octanol–water partition coefficient (Wildman–Crippen LogP) is 2.13. The fourth-order valence-corrected chi connectivity index (χ4v) is 4.45. The summed E-state index contributed by atoms with van der Waals surface area (Å²) in [5, 5.41) is 24.0. The summed E-state index contributed by atoms with van der Waals surface area (Å²) < 4.78 is 5.28. The van der Waals surface area contributed by atoms with Crippen molar-refractivity contribution in [2.75, 3.05) is 7.05 Å². The molecule has 0 bridgehead atoms. The Hall–Kier alpha value is -5.39. The van der Waals surface area contributed by atoms with Crippen molar-refractivity contribution in [1.29, 1.82) is 0 Å². The number of carboxylic acids is 1. The maximum Gasteiger partial charge on any atom is 0.408 e. The molecule has 44 heavy (non-hydrogen) atoms. The molecule has 3 aromatic carbocycles. The molecule has 3 aromatic rings. The number of nitrogens with zero attached hydrogens (tertiary/aromatic N) is 1. The first-order valence-electron chi connectivity index (χ1n) is 13.9. The third-order valence-electron chi connectivity index (χ3n) is 6.87. The van der Waals surface area contributed by atoms with E-state index >= 15 is 0 Å². The predicted molar refractivity (Wildman–Crippen MR) is 160 cm³/mol. The van der Waals surface area contributed by atoms with Crippen LogP contribution in [0, 0.1) is 0 Å². The van der Waals surface area contributed by atoms with Crippen molar-refractivity contribution in [2.24, 2.45) is 5.73 Å². The van der Waals surface area contributed by atoms with Crippen LogP contribution in [0.1, 0.15) is 29.5 Å². The number of phenolic OH excluding ortho intramolecular Hbond substituents is 1. The van der Waals surface area contributed by atoms with Gasteiger partial charge in [-0.05, 0) is 35.2 Å². The zero-order chi connectivity index (χ0) is 32.1. The van der Waals surface area contributed by atoms with Crippen LogP contribution in [0.25, 0.3) is 0 Å². The Kier molecular flexibility index (Phi) is 12.3. The molecule has 3 rings (SSSR count). The van der Waals surface area contributed by atoms with Crippen LogP contribution >= 0.6 is 0 Å². The van der Waals surface area contributed by atoms with Crippen molar-refractivity contribution < 1.29 is 38.9 Å². The Balaban J connectivity index is 1.80. The number of hydrogen-bond donors (Lipinski definition) is 5. The van der Waals surface area contributed by atoms with Gasteiger partial charge in [-0.25, -0.2) is 4.79 Å². The van der Waals surface area contributed by atoms with Gasteiger partial charge in [0.2, 0.25) is 17.7 Å². The van der Waals surface area contributed by atoms with E-state index in [1.54, 1.807) is 66.7 Å². The smallest absolute Gasteiger partial charge is 0.408 e. The number of hydrogen-bond acceptors (Lipinski definition) is 7. The number of ether oxygens (including phenoxy) is 1. The summed E-state index contributed by atoms with van der Waals surface area (Å²) in [4.78, 5) is 64.7. The Morgan fingerprint density at radius 2 is 1.36 bits per heavy atom. The van der Waals surface area contributed by atoms with Gasteiger partial charge in [-0.3, -0.25) is 19.2 Å². The largest absolute Gasteiger partial charge is 0.508 e. The lowest BCUT2D eigenvalue weighted by atomic mass is 10.0. The number of primary amides is 1. The van der Waals surface area contributed by atoms with E-state index in [9.17, 15) is 34.2 Å². The number of carbonyl (C=O) groups excluding carboxylic acids is 4. The highest BCUT2D eigenvalue weighted by Crippen LogP contribution is 2.14. The van der Waals surface area contributed by atoms with Crippen molar-refractivity contribution in [3.05, 3.63) is 102 Å². The van der Waals surface area contributed by atoms with Gasteiger partial charge in [0, 0.05) is 26.3 Å². The lowest BCUT2D eigenvalue weighted by Gasteiger charge is -2.30. The Morgan fingerprint density at radius 3 is 1.93 bits per heavy atom. The molecule has 12 nitrogen and oxygen atoms in total. The molecule has 0 aliphatic rings. The van der Waals surface area contributed by atoms with Crippen molar-refractivity contribution in [3.8, 4) is 5.75 Å². The summed E-state index contributed by atoms with van der Waals surface area (Å²) in [5.74, 6) is -3.48. The number of alkyl carbamates (subject to hydrolysis) is 1. The number of benzene rings is 3. The third-order valence-corrected chi connectivity index (χ3v) is 6.87. The summed E-state index contributed by atoms with van der Waals surface area (Å²) in [7, 11) is 1.35. The molecule has 232 valence electrons. The number of nitrogens with one attached hydrogen (secondary N) is 2. The zero-order valence-corrected chi connectivity index (χ0v) is 24.2. The molecule has 6 N–H and O–H groups in total. The number of carbonyl (C=O) groups is 5. The number of nitrogens with two attached hydrogens (primary N) is 1. The van der Waals surface area contributed by atoms with Gasteiger partial charge in [-0.2, -0.15) is 0 Å². The fourth-order valence-electron chi connectivity index (χ4n) is 4.45. The summed E-state index contributed by atoms with van der Waals surface area (Å²) in [6, 6.07) is 20.1. The van der Waals surface area contributed by atoms with Crippen molar-refractivity contribution in [3.63, 3.8) is 0 Å². The van der Waals surface area contributed by atoms with Crippen molar-refractivity contribution in [2.45, 2.75) is 50.4 Å². The molecule has 4 amide bonds. The molecule has 0 aliphatic heterocycles. The van der Waals surface area contributed by atoms with Crippen LogP contribution in [-0.2, 0) is 43.4 Å². The number of likely N-dealkylation sites (N-methyl/N-ethyl adjacent to an activating group) is 1. The first-order valence-corrected chi connectivity index (χ1v) is 13.9. The van der Waals surface area contributed by atoms with Gasteiger partial charge >= 0.3 is 12.1 Å². The van der Waals surface area contributed by atoms with Crippen molar-refractivity contribution >= 4 is 29.8 Å². The molecule has 12 heteroatoms. The first kappa shape index (κ1) is 33.1. The molecular weight excluding hydrogens is 568 g/mol. The summed E-state index contributed by atoms with van der Waals surface area (Å²) in [6.07, 6.45) is -1.57. The van der Waals surface area contributed by atoms with E-state index < -0.39 is 54.3 Å². The number of carboxylic acid groups (broad SMARTS) is 1. The summed E-state index contributed by atoms with van der Waals surface area (Å²) >= 11 is 0. The van der Waals surface area contributed by atoms with Gasteiger partial charge in [-0.1, -0.05) is 72.8 Å². The Labute approximate surface area is 254 Å². The Morgan fingerprint density at radius 1 is 0.795 bits per heavy atom. The minimum absolute atomic E-state index is 0.00635. The molecule has 0 saturated heterocycles. The highest BCUT2D eigenvalue weighted by molar-refractivity contribution is 5.94. The van der Waals surface area contributed by atoms with Crippen LogP contribution in [0.3, 0.4) is 0 Å². The normalized spacial score (nSPS) is 12.7. The van der Waals surface area contributed by atoms with Crippen LogP contribution in [0.4, 0.5) is 4.79 Å². The van der Waals surface area contributed by atoms with E-state index in [-0.39, 0.29) is 31.6 Å². The molecule has 0 aliphatic carbocycles. The van der Waals surface area contributed by atoms with Gasteiger partial charge in [-0.15, -0.1) is 0 Å². The quantitative estimate of drug-likeness (QED) is 0.174. The number of aromatic hydroxyl groups is 1. The topological polar surface area (TPSA) is 188 Å². The highest BCUT2D eigenvalue weighted by atomic mass is 16.5. The molecule has 0 radical (unpaired) electrons. The lowest BCUT2D eigenvalue weighted by molar-refractivity contribution is -0.142. The second-order valence-electron chi connectivity index (χ2n) is 10.2. The minimum Gasteiger partial charge on any atom is -0.508 e. The summed E-state index contributed by atoms with van der Waals surface area (Å²) in [5.41, 5.74) is 7.67. The SMILES string of the molecule is CN(C(=O)[C@H](CCC(=O)O)NC(=O)[C@H](Cc1ccc(O)cc1)NC(=O)OCc1ccccc1)[C@@H](Cc1ccccc1)C(N)=O. The monoisotopic (exact) mass is 604 g/mol. The van der Waals surface area contributed by atoms with Gasteiger partial charge in [0.15, 0.2) is 0 Å².